The van der Waals surface area contributed by atoms with Crippen LogP contribution in [-0.2, 0) is 16.1 Å². The highest BCUT2D eigenvalue weighted by Crippen LogP contribution is 2.25. The summed E-state index contributed by atoms with van der Waals surface area (Å²) >= 11 is 1.18. The molecule has 5 nitrogen and oxygen atoms in total. The third kappa shape index (κ3) is 3.01. The average molecular weight is 245 g/mol. The number of rotatable bonds is 6. The van der Waals surface area contributed by atoms with E-state index in [4.69, 9.17) is 14.6 Å². The van der Waals surface area contributed by atoms with E-state index in [1.807, 2.05) is 6.92 Å². The predicted molar refractivity (Wildman–Crippen MR) is 60.1 cm³/mol. The standard InChI is InChI=1S/C10H15NO4S/c1-6(4-14-2)9-11-7(5-15-3)8(16-9)10(12)13/h6H,4-5H2,1-3H3,(H,12,13). The number of aromatic carboxylic acids is 1. The minimum atomic E-state index is -0.958. The summed E-state index contributed by atoms with van der Waals surface area (Å²) in [6.07, 6.45) is 0. The van der Waals surface area contributed by atoms with Crippen LogP contribution < -0.4 is 0 Å². The molecule has 1 atom stereocenters. The molecule has 0 aliphatic heterocycles. The molecule has 0 saturated carbocycles. The fourth-order valence-corrected chi connectivity index (χ4v) is 2.25. The highest BCUT2D eigenvalue weighted by atomic mass is 32.1. The monoisotopic (exact) mass is 245 g/mol. The van der Waals surface area contributed by atoms with E-state index >= 15 is 0 Å². The third-order valence-corrected chi connectivity index (χ3v) is 3.34. The predicted octanol–water partition coefficient (Wildman–Crippen LogP) is 1.74. The van der Waals surface area contributed by atoms with Crippen molar-refractivity contribution in [1.29, 1.82) is 0 Å². The van der Waals surface area contributed by atoms with Crippen LogP contribution in [0.25, 0.3) is 0 Å². The van der Waals surface area contributed by atoms with Crippen LogP contribution in [0.1, 0.15) is 33.2 Å². The van der Waals surface area contributed by atoms with Gasteiger partial charge in [0.05, 0.1) is 23.9 Å². The number of ether oxygens (including phenoxy) is 2. The number of carboxylic acid groups (broad SMARTS) is 1. The molecular weight excluding hydrogens is 230 g/mol. The van der Waals surface area contributed by atoms with Gasteiger partial charge in [-0.1, -0.05) is 6.92 Å². The molecule has 1 aromatic rings. The van der Waals surface area contributed by atoms with Crippen LogP contribution in [0, 0.1) is 0 Å². The van der Waals surface area contributed by atoms with Gasteiger partial charge >= 0.3 is 5.97 Å². The Morgan fingerprint density at radius 2 is 2.19 bits per heavy atom. The minimum absolute atomic E-state index is 0.0960. The largest absolute Gasteiger partial charge is 0.477 e. The van der Waals surface area contributed by atoms with Crippen molar-refractivity contribution in [2.24, 2.45) is 0 Å². The second kappa shape index (κ2) is 5.93. The molecule has 0 saturated heterocycles. The van der Waals surface area contributed by atoms with E-state index in [2.05, 4.69) is 4.98 Å². The number of carbonyl (C=O) groups is 1. The molecule has 0 aliphatic carbocycles. The maximum Gasteiger partial charge on any atom is 0.347 e. The number of hydrogen-bond acceptors (Lipinski definition) is 5. The molecule has 1 aromatic heterocycles. The fraction of sp³-hybridized carbons (Fsp3) is 0.600. The molecule has 1 heterocycles. The van der Waals surface area contributed by atoms with E-state index in [0.29, 0.717) is 12.3 Å². The van der Waals surface area contributed by atoms with Gasteiger partial charge in [-0.25, -0.2) is 9.78 Å². The molecule has 0 aliphatic rings. The quantitative estimate of drug-likeness (QED) is 0.826. The van der Waals surface area contributed by atoms with Crippen molar-refractivity contribution in [2.45, 2.75) is 19.4 Å². The van der Waals surface area contributed by atoms with Gasteiger partial charge in [0.2, 0.25) is 0 Å². The van der Waals surface area contributed by atoms with Crippen molar-refractivity contribution >= 4 is 17.3 Å². The molecule has 90 valence electrons. The lowest BCUT2D eigenvalue weighted by molar-refractivity contribution is 0.0697. The lowest BCUT2D eigenvalue weighted by Crippen LogP contribution is -2.02. The number of nitrogens with zero attached hydrogens (tertiary/aromatic N) is 1. The molecule has 0 bridgehead atoms. The van der Waals surface area contributed by atoms with Gasteiger partial charge in [-0.3, -0.25) is 0 Å². The van der Waals surface area contributed by atoms with E-state index in [1.54, 1.807) is 7.11 Å². The van der Waals surface area contributed by atoms with E-state index in [9.17, 15) is 4.79 Å². The van der Waals surface area contributed by atoms with Crippen LogP contribution in [-0.4, -0.2) is 36.9 Å². The van der Waals surface area contributed by atoms with Gasteiger partial charge in [-0.15, -0.1) is 11.3 Å². The Kier molecular flexibility index (Phi) is 4.85. The van der Waals surface area contributed by atoms with Crippen molar-refractivity contribution in [3.63, 3.8) is 0 Å². The summed E-state index contributed by atoms with van der Waals surface area (Å²) in [4.78, 5) is 15.5. The van der Waals surface area contributed by atoms with Crippen LogP contribution in [0.3, 0.4) is 0 Å². The zero-order valence-electron chi connectivity index (χ0n) is 9.52. The SMILES string of the molecule is COCc1nc(C(C)COC)sc1C(=O)O. The summed E-state index contributed by atoms with van der Waals surface area (Å²) < 4.78 is 9.94. The maximum atomic E-state index is 11.0. The Morgan fingerprint density at radius 1 is 1.50 bits per heavy atom. The smallest absolute Gasteiger partial charge is 0.347 e. The van der Waals surface area contributed by atoms with Crippen molar-refractivity contribution in [3.8, 4) is 0 Å². The highest BCUT2D eigenvalue weighted by Gasteiger charge is 2.20. The Balaban J connectivity index is 2.96. The second-order valence-corrected chi connectivity index (χ2v) is 4.45. The van der Waals surface area contributed by atoms with Crippen LogP contribution in [0.15, 0.2) is 0 Å². The van der Waals surface area contributed by atoms with Gasteiger partial charge in [-0.2, -0.15) is 0 Å². The second-order valence-electron chi connectivity index (χ2n) is 3.42. The first kappa shape index (κ1) is 13.1. The van der Waals surface area contributed by atoms with Crippen LogP contribution in [0.2, 0.25) is 0 Å². The van der Waals surface area contributed by atoms with Gasteiger partial charge in [-0.05, 0) is 0 Å². The molecule has 0 aromatic carbocycles. The molecule has 6 heteroatoms. The Morgan fingerprint density at radius 3 is 2.69 bits per heavy atom. The van der Waals surface area contributed by atoms with Gasteiger partial charge in [0.25, 0.3) is 0 Å². The Labute approximate surface area is 98.0 Å². The summed E-state index contributed by atoms with van der Waals surface area (Å²) in [6.45, 7) is 2.70. The molecule has 1 unspecified atom stereocenters. The lowest BCUT2D eigenvalue weighted by Gasteiger charge is -2.04. The Bertz CT molecular complexity index is 364. The highest BCUT2D eigenvalue weighted by molar-refractivity contribution is 7.13. The normalized spacial score (nSPS) is 12.7. The van der Waals surface area contributed by atoms with Crippen LogP contribution in [0.5, 0.6) is 0 Å². The number of thiazole rings is 1. The molecule has 0 amide bonds. The molecular formula is C10H15NO4S. The minimum Gasteiger partial charge on any atom is -0.477 e. The van der Waals surface area contributed by atoms with Gasteiger partial charge in [0, 0.05) is 20.1 Å². The lowest BCUT2D eigenvalue weighted by atomic mass is 10.2. The van der Waals surface area contributed by atoms with Gasteiger partial charge in [0.15, 0.2) is 0 Å². The van der Waals surface area contributed by atoms with Crippen LogP contribution in [0.4, 0.5) is 0 Å². The van der Waals surface area contributed by atoms with Crippen molar-refractivity contribution in [2.75, 3.05) is 20.8 Å². The van der Waals surface area contributed by atoms with E-state index < -0.39 is 5.97 Å². The summed E-state index contributed by atoms with van der Waals surface area (Å²) in [5, 5.41) is 9.77. The average Bonchev–Trinajstić information content (AvgIpc) is 2.63. The number of carboxylic acids is 1. The molecule has 0 spiro atoms. The first-order valence-corrected chi connectivity index (χ1v) is 5.62. The maximum absolute atomic E-state index is 11.0. The number of hydrogen-bond donors (Lipinski definition) is 1. The number of methoxy groups -OCH3 is 2. The summed E-state index contributed by atoms with van der Waals surface area (Å²) in [5.74, 6) is -0.862. The Hall–Kier alpha value is -0.980. The topological polar surface area (TPSA) is 68.7 Å². The summed E-state index contributed by atoms with van der Waals surface area (Å²) in [6, 6.07) is 0. The molecule has 0 fully saturated rings. The van der Waals surface area contributed by atoms with Crippen molar-refractivity contribution in [3.05, 3.63) is 15.6 Å². The number of aromatic nitrogens is 1. The molecule has 1 rings (SSSR count). The zero-order valence-corrected chi connectivity index (χ0v) is 10.3. The van der Waals surface area contributed by atoms with E-state index in [-0.39, 0.29) is 17.4 Å². The molecule has 1 N–H and O–H groups in total. The van der Waals surface area contributed by atoms with E-state index in [1.165, 1.54) is 18.4 Å². The van der Waals surface area contributed by atoms with Crippen LogP contribution >= 0.6 is 11.3 Å². The molecule has 0 radical (unpaired) electrons. The van der Waals surface area contributed by atoms with Gasteiger partial charge < -0.3 is 14.6 Å². The first-order chi connectivity index (χ1) is 7.60. The third-order valence-electron chi connectivity index (χ3n) is 2.03. The van der Waals surface area contributed by atoms with E-state index in [0.717, 1.165) is 5.01 Å². The molecule has 16 heavy (non-hydrogen) atoms. The van der Waals surface area contributed by atoms with Gasteiger partial charge in [0.1, 0.15) is 4.88 Å². The fourth-order valence-electron chi connectivity index (χ4n) is 1.30. The summed E-state index contributed by atoms with van der Waals surface area (Å²) in [7, 11) is 3.13. The summed E-state index contributed by atoms with van der Waals surface area (Å²) in [5.41, 5.74) is 0.484. The van der Waals surface area contributed by atoms with Crippen molar-refractivity contribution in [1.82, 2.24) is 4.98 Å². The van der Waals surface area contributed by atoms with Crippen molar-refractivity contribution < 1.29 is 19.4 Å². The zero-order chi connectivity index (χ0) is 12.1. The first-order valence-electron chi connectivity index (χ1n) is 4.80.